The summed E-state index contributed by atoms with van der Waals surface area (Å²) in [6.07, 6.45) is 10.1. The molecule has 0 radical (unpaired) electrons. The zero-order valence-corrected chi connectivity index (χ0v) is 21.8. The average Bonchev–Trinajstić information content (AvgIpc) is 3.35. The summed E-state index contributed by atoms with van der Waals surface area (Å²) in [5.74, 6) is 3.10. The smallest absolute Gasteiger partial charge is 0.229 e. The predicted molar refractivity (Wildman–Crippen MR) is 145 cm³/mol. The molecule has 2 fully saturated rings. The molecule has 1 saturated heterocycles. The van der Waals surface area contributed by atoms with E-state index in [1.165, 1.54) is 11.1 Å². The Balaban J connectivity index is 1.44. The summed E-state index contributed by atoms with van der Waals surface area (Å²) < 4.78 is 8.16. The maximum atomic E-state index is 6.33. The Labute approximate surface area is 213 Å². The molecule has 2 aromatic heterocycles. The Bertz CT molecular complexity index is 1240. The molecule has 0 spiro atoms. The van der Waals surface area contributed by atoms with Crippen LogP contribution in [0.25, 0.3) is 6.08 Å². The maximum absolute atomic E-state index is 6.33. The number of nitrogens with one attached hydrogen (secondary N) is 3. The second kappa shape index (κ2) is 10.3. The van der Waals surface area contributed by atoms with Gasteiger partial charge in [0.15, 0.2) is 0 Å². The van der Waals surface area contributed by atoms with Crippen molar-refractivity contribution in [3.05, 3.63) is 53.5 Å². The number of hydrogen-bond acceptors (Lipinski definition) is 7. The summed E-state index contributed by atoms with van der Waals surface area (Å²) in [7, 11) is 1.94. The molecule has 1 atom stereocenters. The van der Waals surface area contributed by atoms with E-state index in [0.717, 1.165) is 67.2 Å². The lowest BCUT2D eigenvalue weighted by Gasteiger charge is -2.19. The highest BCUT2D eigenvalue weighted by atomic mass is 16.5. The quantitative estimate of drug-likeness (QED) is 0.350. The van der Waals surface area contributed by atoms with Crippen LogP contribution in [0.3, 0.4) is 0 Å². The van der Waals surface area contributed by atoms with Gasteiger partial charge in [-0.05, 0) is 74.2 Å². The first-order valence-electron chi connectivity index (χ1n) is 13.0. The van der Waals surface area contributed by atoms with Gasteiger partial charge in [0.05, 0.1) is 23.2 Å². The van der Waals surface area contributed by atoms with Crippen LogP contribution in [0.1, 0.15) is 61.4 Å². The van der Waals surface area contributed by atoms with Crippen LogP contribution >= 0.6 is 0 Å². The molecule has 8 nitrogen and oxygen atoms in total. The second-order valence-corrected chi connectivity index (χ2v) is 10.4. The Morgan fingerprint density at radius 3 is 2.75 bits per heavy atom. The summed E-state index contributed by atoms with van der Waals surface area (Å²) in [6.45, 7) is 12.6. The summed E-state index contributed by atoms with van der Waals surface area (Å²) >= 11 is 0. The maximum Gasteiger partial charge on any atom is 0.229 e. The third kappa shape index (κ3) is 5.54. The van der Waals surface area contributed by atoms with E-state index in [9.17, 15) is 0 Å². The number of nitrogens with zero attached hydrogens (tertiary/aromatic N) is 4. The molecule has 1 unspecified atom stereocenters. The number of anilines is 4. The largest absolute Gasteiger partial charge is 0.488 e. The lowest BCUT2D eigenvalue weighted by Crippen LogP contribution is -2.10. The van der Waals surface area contributed by atoms with Crippen molar-refractivity contribution >= 4 is 29.2 Å². The van der Waals surface area contributed by atoms with Gasteiger partial charge in [-0.2, -0.15) is 10.1 Å². The molecule has 0 amide bonds. The molecule has 1 aliphatic heterocycles. The van der Waals surface area contributed by atoms with Crippen LogP contribution in [0, 0.1) is 12.8 Å². The molecule has 8 heteroatoms. The lowest BCUT2D eigenvalue weighted by atomic mass is 9.93. The van der Waals surface area contributed by atoms with Gasteiger partial charge >= 0.3 is 0 Å². The van der Waals surface area contributed by atoms with E-state index in [4.69, 9.17) is 9.72 Å². The van der Waals surface area contributed by atoms with Crippen LogP contribution in [0.5, 0.6) is 5.75 Å². The number of aryl methyl sites for hydroxylation is 2. The van der Waals surface area contributed by atoms with Crippen molar-refractivity contribution in [2.75, 3.05) is 23.7 Å². The molecular formula is C28H37N7O. The van der Waals surface area contributed by atoms with E-state index in [0.29, 0.717) is 29.7 Å². The van der Waals surface area contributed by atoms with Crippen molar-refractivity contribution in [2.45, 2.75) is 58.5 Å². The molecule has 2 aliphatic rings. The molecule has 1 aliphatic carbocycles. The van der Waals surface area contributed by atoms with Crippen molar-refractivity contribution in [3.63, 3.8) is 0 Å². The van der Waals surface area contributed by atoms with E-state index in [1.807, 2.05) is 17.9 Å². The normalized spacial score (nSPS) is 17.4. The molecule has 3 aromatic rings. The zero-order chi connectivity index (χ0) is 25.2. The van der Waals surface area contributed by atoms with E-state index >= 15 is 0 Å². The minimum Gasteiger partial charge on any atom is -0.488 e. The van der Waals surface area contributed by atoms with Crippen LogP contribution in [0.15, 0.2) is 31.1 Å². The third-order valence-corrected chi connectivity index (χ3v) is 6.73. The third-order valence-electron chi connectivity index (χ3n) is 6.73. The molecule has 1 saturated carbocycles. The summed E-state index contributed by atoms with van der Waals surface area (Å²) in [6, 6.07) is 4.39. The van der Waals surface area contributed by atoms with Crippen LogP contribution in [-0.4, -0.2) is 38.9 Å². The standard InChI is InChI=1S/C28H37N7O/c1-6-19-15-30-28(33-27(19)31-25-16-35(5)34-23(25)11-17(2)3)32-24-12-18(4)22(20-9-10-29-14-20)13-26(24)36-21-7-8-21/h6,12-13,15-17,20-21,29H,1,7-11,14H2,2-5H3,(H2,30,31,32,33). The van der Waals surface area contributed by atoms with Crippen LogP contribution < -0.4 is 20.7 Å². The van der Waals surface area contributed by atoms with Crippen molar-refractivity contribution in [1.82, 2.24) is 25.1 Å². The average molecular weight is 488 g/mol. The Kier molecular flexibility index (Phi) is 6.96. The molecular weight excluding hydrogens is 450 g/mol. The molecule has 1 aromatic carbocycles. The first-order chi connectivity index (χ1) is 17.4. The first-order valence-corrected chi connectivity index (χ1v) is 13.0. The van der Waals surface area contributed by atoms with Crippen molar-refractivity contribution in [2.24, 2.45) is 13.0 Å². The van der Waals surface area contributed by atoms with Crippen LogP contribution in [-0.2, 0) is 13.5 Å². The van der Waals surface area contributed by atoms with E-state index in [2.05, 4.69) is 65.5 Å². The van der Waals surface area contributed by atoms with Gasteiger partial charge in [0, 0.05) is 31.5 Å². The minimum absolute atomic E-state index is 0.300. The Hall–Kier alpha value is -3.39. The van der Waals surface area contributed by atoms with Crippen LogP contribution in [0.2, 0.25) is 0 Å². The summed E-state index contributed by atoms with van der Waals surface area (Å²) in [5, 5.41) is 15.0. The fourth-order valence-electron chi connectivity index (χ4n) is 4.75. The van der Waals surface area contributed by atoms with E-state index in [-0.39, 0.29) is 0 Å². The zero-order valence-electron chi connectivity index (χ0n) is 21.8. The fourth-order valence-corrected chi connectivity index (χ4v) is 4.75. The number of aromatic nitrogens is 4. The number of benzene rings is 1. The highest BCUT2D eigenvalue weighted by Crippen LogP contribution is 2.38. The van der Waals surface area contributed by atoms with Crippen molar-refractivity contribution in [1.29, 1.82) is 0 Å². The molecule has 5 rings (SSSR count). The summed E-state index contributed by atoms with van der Waals surface area (Å²) in [5.41, 5.74) is 6.30. The summed E-state index contributed by atoms with van der Waals surface area (Å²) in [4.78, 5) is 9.39. The number of rotatable bonds is 10. The van der Waals surface area contributed by atoms with E-state index < -0.39 is 0 Å². The number of ether oxygens (including phenoxy) is 1. The van der Waals surface area contributed by atoms with Gasteiger partial charge in [0.1, 0.15) is 11.6 Å². The minimum atomic E-state index is 0.300. The molecule has 190 valence electrons. The number of hydrogen-bond donors (Lipinski definition) is 3. The van der Waals surface area contributed by atoms with Crippen molar-refractivity contribution in [3.8, 4) is 5.75 Å². The topological polar surface area (TPSA) is 88.9 Å². The van der Waals surface area contributed by atoms with E-state index in [1.54, 1.807) is 12.3 Å². The monoisotopic (exact) mass is 487 g/mol. The molecule has 3 N–H and O–H groups in total. The lowest BCUT2D eigenvalue weighted by molar-refractivity contribution is 0.304. The van der Waals surface area contributed by atoms with Crippen molar-refractivity contribution < 1.29 is 4.74 Å². The van der Waals surface area contributed by atoms with Gasteiger partial charge in [0.2, 0.25) is 5.95 Å². The van der Waals surface area contributed by atoms with Gasteiger partial charge in [-0.3, -0.25) is 4.68 Å². The van der Waals surface area contributed by atoms with Crippen LogP contribution in [0.4, 0.5) is 23.1 Å². The van der Waals surface area contributed by atoms with Gasteiger partial charge in [0.25, 0.3) is 0 Å². The first kappa shape index (κ1) is 24.3. The van der Waals surface area contributed by atoms with Gasteiger partial charge in [-0.1, -0.05) is 26.5 Å². The Morgan fingerprint density at radius 1 is 1.22 bits per heavy atom. The fraction of sp³-hybridized carbons (Fsp3) is 0.464. The SMILES string of the molecule is C=Cc1cnc(Nc2cc(C)c(C3CCNC3)cc2OC2CC2)nc1Nc1cn(C)nc1CC(C)C. The highest BCUT2D eigenvalue weighted by Gasteiger charge is 2.27. The second-order valence-electron chi connectivity index (χ2n) is 10.4. The molecule has 36 heavy (non-hydrogen) atoms. The van der Waals surface area contributed by atoms with Gasteiger partial charge in [-0.25, -0.2) is 4.98 Å². The van der Waals surface area contributed by atoms with Gasteiger partial charge in [-0.15, -0.1) is 0 Å². The molecule has 3 heterocycles. The van der Waals surface area contributed by atoms with Gasteiger partial charge < -0.3 is 20.7 Å². The Morgan fingerprint density at radius 2 is 2.06 bits per heavy atom. The molecule has 0 bridgehead atoms. The predicted octanol–water partition coefficient (Wildman–Crippen LogP) is 5.47. The highest BCUT2D eigenvalue weighted by molar-refractivity contribution is 5.71.